The number of anilines is 1. The smallest absolute Gasteiger partial charge is 0.182 e. The van der Waals surface area contributed by atoms with E-state index >= 15 is 0 Å². The number of nitrogens with zero attached hydrogens (tertiary/aromatic N) is 5. The number of rotatable bonds is 4. The fraction of sp³-hybridized carbons (Fsp3) is 0.450. The van der Waals surface area contributed by atoms with Crippen LogP contribution in [0, 0.1) is 21.5 Å². The Morgan fingerprint density at radius 2 is 1.96 bits per heavy atom. The topological polar surface area (TPSA) is 64.0 Å². The third-order valence-corrected chi connectivity index (χ3v) is 6.28. The number of nitrogens with one attached hydrogen (secondary N) is 1. The Bertz CT molecular complexity index is 1020. The molecule has 0 radical (unpaired) electrons. The molecule has 6 nitrogen and oxygen atoms in total. The lowest BCUT2D eigenvalue weighted by atomic mass is 10.0. The number of benzene rings is 1. The molecule has 1 aliphatic rings. The van der Waals surface area contributed by atoms with Crippen molar-refractivity contribution in [3.8, 4) is 6.07 Å². The molecular weight excluding hydrogens is 392 g/mol. The van der Waals surface area contributed by atoms with Gasteiger partial charge < -0.3 is 14.0 Å². The van der Waals surface area contributed by atoms with Crippen molar-refractivity contribution >= 4 is 29.6 Å². The van der Waals surface area contributed by atoms with Crippen LogP contribution in [0.3, 0.4) is 0 Å². The molecule has 1 aromatic heterocycles. The lowest BCUT2D eigenvalue weighted by Crippen LogP contribution is -2.48. The van der Waals surface area contributed by atoms with E-state index in [9.17, 15) is 5.26 Å². The van der Waals surface area contributed by atoms with Crippen molar-refractivity contribution in [2.45, 2.75) is 25.4 Å². The van der Waals surface area contributed by atoms with Crippen LogP contribution in [0.2, 0.25) is 5.02 Å². The Labute approximate surface area is 175 Å². The minimum atomic E-state index is 0.154. The maximum atomic E-state index is 9.68. The molecule has 28 heavy (non-hydrogen) atoms. The first-order valence-corrected chi connectivity index (χ1v) is 10.1. The molecule has 3 rings (SSSR count). The zero-order chi connectivity index (χ0) is 20.4. The highest BCUT2D eigenvalue weighted by Crippen LogP contribution is 2.24. The molecule has 0 aliphatic carbocycles. The average Bonchev–Trinajstić information content (AvgIpc) is 2.70. The van der Waals surface area contributed by atoms with Crippen molar-refractivity contribution < 1.29 is 0 Å². The normalized spacial score (nSPS) is 17.3. The number of hydrogen-bond acceptors (Lipinski definition) is 5. The van der Waals surface area contributed by atoms with Crippen molar-refractivity contribution in [1.82, 2.24) is 14.0 Å². The summed E-state index contributed by atoms with van der Waals surface area (Å²) in [5.74, 6) is 0.717. The van der Waals surface area contributed by atoms with Crippen LogP contribution in [-0.4, -0.2) is 40.2 Å². The van der Waals surface area contributed by atoms with Crippen LogP contribution in [0.4, 0.5) is 5.82 Å². The number of nitriles is 1. The van der Waals surface area contributed by atoms with Crippen molar-refractivity contribution in [2.24, 2.45) is 14.1 Å². The minimum absolute atomic E-state index is 0.154. The quantitative estimate of drug-likeness (QED) is 0.777. The van der Waals surface area contributed by atoms with Gasteiger partial charge in [-0.2, -0.15) is 5.26 Å². The van der Waals surface area contributed by atoms with Gasteiger partial charge in [0.2, 0.25) is 0 Å². The first-order chi connectivity index (χ1) is 13.3. The Balaban J connectivity index is 1.86. The molecule has 1 aliphatic heterocycles. The monoisotopic (exact) mass is 416 g/mol. The van der Waals surface area contributed by atoms with Crippen LogP contribution >= 0.6 is 23.8 Å². The average molecular weight is 417 g/mol. The fourth-order valence-electron chi connectivity index (χ4n) is 3.88. The van der Waals surface area contributed by atoms with Gasteiger partial charge in [0, 0.05) is 45.3 Å². The molecular formula is C20H25ClN6S. The van der Waals surface area contributed by atoms with E-state index in [1.807, 2.05) is 30.8 Å². The molecule has 1 aromatic carbocycles. The van der Waals surface area contributed by atoms with Crippen LogP contribution in [0.25, 0.3) is 0 Å². The van der Waals surface area contributed by atoms with E-state index < -0.39 is 0 Å². The van der Waals surface area contributed by atoms with Gasteiger partial charge in [-0.1, -0.05) is 23.7 Å². The lowest BCUT2D eigenvalue weighted by molar-refractivity contribution is 0.198. The van der Waals surface area contributed by atoms with Crippen LogP contribution in [0.1, 0.15) is 24.0 Å². The molecule has 0 bridgehead atoms. The van der Waals surface area contributed by atoms with Crippen LogP contribution < -0.4 is 10.4 Å². The highest BCUT2D eigenvalue weighted by Gasteiger charge is 2.27. The molecule has 0 saturated carbocycles. The number of piperidine rings is 1. The molecule has 0 spiro atoms. The highest BCUT2D eigenvalue weighted by atomic mass is 35.5. The fourth-order valence-corrected chi connectivity index (χ4v) is 4.18. The maximum absolute atomic E-state index is 9.68. The van der Waals surface area contributed by atoms with Gasteiger partial charge in [-0.25, -0.2) is 0 Å². The van der Waals surface area contributed by atoms with Crippen LogP contribution in [0.15, 0.2) is 24.3 Å². The van der Waals surface area contributed by atoms with E-state index in [0.29, 0.717) is 16.2 Å². The molecule has 1 unspecified atom stereocenters. The van der Waals surface area contributed by atoms with Crippen molar-refractivity contribution in [3.63, 3.8) is 0 Å². The summed E-state index contributed by atoms with van der Waals surface area (Å²) in [4.78, 5) is 4.56. The number of hydrogen-bond donors (Lipinski definition) is 1. The molecule has 1 N–H and O–H groups in total. The molecule has 2 heterocycles. The van der Waals surface area contributed by atoms with Crippen molar-refractivity contribution in [3.05, 3.63) is 50.7 Å². The third-order valence-electron chi connectivity index (χ3n) is 5.48. The predicted molar refractivity (Wildman–Crippen MR) is 114 cm³/mol. The summed E-state index contributed by atoms with van der Waals surface area (Å²) in [5.41, 5.74) is 1.75. The number of likely N-dealkylation sites (tertiary alicyclic amines) is 1. The van der Waals surface area contributed by atoms with Gasteiger partial charge in [-0.3, -0.25) is 10.3 Å². The predicted octanol–water partition coefficient (Wildman–Crippen LogP) is 3.20. The van der Waals surface area contributed by atoms with E-state index in [-0.39, 0.29) is 11.5 Å². The molecule has 1 atom stereocenters. The first kappa shape index (κ1) is 20.6. The Kier molecular flexibility index (Phi) is 6.23. The number of halogens is 1. The minimum Gasteiger partial charge on any atom is -0.356 e. The zero-order valence-electron chi connectivity index (χ0n) is 16.4. The number of aromatic nitrogens is 2. The van der Waals surface area contributed by atoms with E-state index in [0.717, 1.165) is 37.5 Å². The second-order valence-electron chi connectivity index (χ2n) is 7.33. The second-order valence-corrected chi connectivity index (χ2v) is 8.13. The number of likely N-dealkylation sites (N-methyl/N-ethyl adjacent to an activating group) is 1. The first-order valence-electron chi connectivity index (χ1n) is 9.27. The van der Waals surface area contributed by atoms with Crippen LogP contribution in [-0.2, 0) is 20.6 Å². The van der Waals surface area contributed by atoms with Gasteiger partial charge in [-0.05, 0) is 49.3 Å². The van der Waals surface area contributed by atoms with Crippen molar-refractivity contribution in [2.75, 3.05) is 25.0 Å². The summed E-state index contributed by atoms with van der Waals surface area (Å²) in [6.07, 6.45) is 2.13. The Morgan fingerprint density at radius 1 is 1.29 bits per heavy atom. The maximum Gasteiger partial charge on any atom is 0.182 e. The highest BCUT2D eigenvalue weighted by molar-refractivity contribution is 7.71. The molecule has 1 fully saturated rings. The van der Waals surface area contributed by atoms with Gasteiger partial charge in [0.25, 0.3) is 0 Å². The van der Waals surface area contributed by atoms with Gasteiger partial charge in [0.1, 0.15) is 22.9 Å². The SMILES string of the molecule is CN(c1c(C#N)c(=N)n(C)c(=S)n1C)C1CCCN(Cc2ccc(Cl)cc2)C1. The largest absolute Gasteiger partial charge is 0.356 e. The van der Waals surface area contributed by atoms with E-state index in [1.165, 1.54) is 5.56 Å². The summed E-state index contributed by atoms with van der Waals surface area (Å²) in [6, 6.07) is 10.4. The third kappa shape index (κ3) is 4.00. The zero-order valence-corrected chi connectivity index (χ0v) is 18.0. The van der Waals surface area contributed by atoms with Crippen molar-refractivity contribution in [1.29, 1.82) is 10.7 Å². The molecule has 0 amide bonds. The Morgan fingerprint density at radius 3 is 2.61 bits per heavy atom. The summed E-state index contributed by atoms with van der Waals surface area (Å²) in [7, 11) is 5.59. The van der Waals surface area contributed by atoms with Gasteiger partial charge in [-0.15, -0.1) is 0 Å². The van der Waals surface area contributed by atoms with E-state index in [1.54, 1.807) is 11.6 Å². The molecule has 2 aromatic rings. The van der Waals surface area contributed by atoms with Gasteiger partial charge in [0.15, 0.2) is 4.77 Å². The summed E-state index contributed by atoms with van der Waals surface area (Å²) in [5, 5.41) is 18.7. The van der Waals surface area contributed by atoms with Gasteiger partial charge >= 0.3 is 0 Å². The van der Waals surface area contributed by atoms with E-state index in [2.05, 4.69) is 28.0 Å². The molecule has 1 saturated heterocycles. The molecule has 8 heteroatoms. The molecule has 148 valence electrons. The second kappa shape index (κ2) is 8.48. The summed E-state index contributed by atoms with van der Waals surface area (Å²) < 4.78 is 3.93. The summed E-state index contributed by atoms with van der Waals surface area (Å²) >= 11 is 11.5. The Hall–Kier alpha value is -2.14. The standard InChI is InChI=1S/C20H25ClN6S/c1-24(19-17(11-22)18(23)25(2)20(28)26(19)3)16-5-4-10-27(13-16)12-14-6-8-15(21)9-7-14/h6-9,16,23H,4-5,10,12-13H2,1-3H3. The summed E-state index contributed by atoms with van der Waals surface area (Å²) in [6.45, 7) is 2.81. The van der Waals surface area contributed by atoms with Crippen LogP contribution in [0.5, 0.6) is 0 Å². The van der Waals surface area contributed by atoms with Gasteiger partial charge in [0.05, 0.1) is 0 Å². The van der Waals surface area contributed by atoms with E-state index in [4.69, 9.17) is 29.2 Å². The lowest BCUT2D eigenvalue weighted by Gasteiger charge is -2.39.